The Balaban J connectivity index is 3.74. The first-order valence-corrected chi connectivity index (χ1v) is 4.70. The summed E-state index contributed by atoms with van der Waals surface area (Å²) in [5.41, 5.74) is 5.30. The number of nitrogens with two attached hydrogens (primary N) is 1. The molecule has 1 unspecified atom stereocenters. The van der Waals surface area contributed by atoms with E-state index in [0.29, 0.717) is 6.42 Å². The molecule has 0 fully saturated rings. The largest absolute Gasteiger partial charge is 0.389 e. The summed E-state index contributed by atoms with van der Waals surface area (Å²) in [6, 6.07) is 0. The summed E-state index contributed by atoms with van der Waals surface area (Å²) in [5, 5.41) is 0. The molecule has 0 heterocycles. The molecule has 5 heteroatoms. The van der Waals surface area contributed by atoms with Crippen molar-refractivity contribution in [1.82, 2.24) is 0 Å². The van der Waals surface area contributed by atoms with Crippen LogP contribution in [0, 0.1) is 5.92 Å². The molecule has 0 spiro atoms. The quantitative estimate of drug-likeness (QED) is 0.732. The molecule has 0 aromatic rings. The topological polar surface area (TPSA) is 43.1 Å². The van der Waals surface area contributed by atoms with Crippen LogP contribution in [0.5, 0.6) is 0 Å². The van der Waals surface area contributed by atoms with Crippen molar-refractivity contribution in [2.24, 2.45) is 11.7 Å². The molecule has 0 aliphatic rings. The Morgan fingerprint density at radius 3 is 2.36 bits per heavy atom. The summed E-state index contributed by atoms with van der Waals surface area (Å²) in [4.78, 5) is 11.2. The van der Waals surface area contributed by atoms with E-state index in [2.05, 4.69) is 0 Å². The van der Waals surface area contributed by atoms with Crippen LogP contribution in [0.2, 0.25) is 0 Å². The molecule has 2 nitrogen and oxygen atoms in total. The molecule has 0 rings (SSSR count). The highest BCUT2D eigenvalue weighted by Gasteiger charge is 2.27. The van der Waals surface area contributed by atoms with Crippen molar-refractivity contribution in [2.75, 3.05) is 6.54 Å². The standard InChI is InChI=1S/C9H16F3NO/c1-2-7(6-13)8(14)4-3-5-9(10,11)12/h7H,2-6,13H2,1H3. The van der Waals surface area contributed by atoms with Crippen molar-refractivity contribution in [3.05, 3.63) is 0 Å². The van der Waals surface area contributed by atoms with E-state index in [0.717, 1.165) is 0 Å². The summed E-state index contributed by atoms with van der Waals surface area (Å²) in [6.45, 7) is 2.03. The van der Waals surface area contributed by atoms with Crippen molar-refractivity contribution >= 4 is 5.78 Å². The highest BCUT2D eigenvalue weighted by molar-refractivity contribution is 5.81. The van der Waals surface area contributed by atoms with Crippen LogP contribution in [0.25, 0.3) is 0 Å². The molecule has 0 saturated heterocycles. The molecule has 2 N–H and O–H groups in total. The molecule has 0 bridgehead atoms. The van der Waals surface area contributed by atoms with Crippen LogP contribution < -0.4 is 5.73 Å². The van der Waals surface area contributed by atoms with Gasteiger partial charge in [-0.1, -0.05) is 6.92 Å². The van der Waals surface area contributed by atoms with Crippen molar-refractivity contribution < 1.29 is 18.0 Å². The van der Waals surface area contributed by atoms with Crippen LogP contribution in [0.3, 0.4) is 0 Å². The first-order chi connectivity index (χ1) is 6.40. The van der Waals surface area contributed by atoms with Crippen LogP contribution in [0.15, 0.2) is 0 Å². The third-order valence-electron chi connectivity index (χ3n) is 2.12. The number of rotatable bonds is 6. The Labute approximate surface area is 81.7 Å². The number of carbonyl (C=O) groups is 1. The lowest BCUT2D eigenvalue weighted by Crippen LogP contribution is -2.23. The fourth-order valence-electron chi connectivity index (χ4n) is 1.19. The van der Waals surface area contributed by atoms with Gasteiger partial charge in [-0.3, -0.25) is 4.79 Å². The molecule has 0 radical (unpaired) electrons. The van der Waals surface area contributed by atoms with E-state index in [4.69, 9.17) is 5.73 Å². The van der Waals surface area contributed by atoms with E-state index >= 15 is 0 Å². The van der Waals surface area contributed by atoms with Gasteiger partial charge in [0.15, 0.2) is 0 Å². The lowest BCUT2D eigenvalue weighted by molar-refractivity contribution is -0.137. The highest BCUT2D eigenvalue weighted by atomic mass is 19.4. The molecule has 1 atom stereocenters. The Bertz CT molecular complexity index is 175. The predicted octanol–water partition coefficient (Wildman–Crippen LogP) is 2.27. The fraction of sp³-hybridized carbons (Fsp3) is 0.889. The first-order valence-electron chi connectivity index (χ1n) is 4.70. The van der Waals surface area contributed by atoms with Crippen LogP contribution in [-0.2, 0) is 4.79 Å². The molecule has 14 heavy (non-hydrogen) atoms. The Kier molecular flexibility index (Phi) is 5.76. The third kappa shape index (κ3) is 5.96. The van der Waals surface area contributed by atoms with Gasteiger partial charge in [-0.25, -0.2) is 0 Å². The van der Waals surface area contributed by atoms with Gasteiger partial charge >= 0.3 is 6.18 Å². The zero-order valence-electron chi connectivity index (χ0n) is 8.23. The van der Waals surface area contributed by atoms with Crippen molar-refractivity contribution in [3.63, 3.8) is 0 Å². The number of carbonyl (C=O) groups excluding carboxylic acids is 1. The number of ketones is 1. The minimum Gasteiger partial charge on any atom is -0.330 e. The zero-order valence-corrected chi connectivity index (χ0v) is 8.23. The van der Waals surface area contributed by atoms with Crippen molar-refractivity contribution in [2.45, 2.75) is 38.8 Å². The summed E-state index contributed by atoms with van der Waals surface area (Å²) >= 11 is 0. The van der Waals surface area contributed by atoms with Gasteiger partial charge in [0.05, 0.1) is 0 Å². The van der Waals surface area contributed by atoms with Gasteiger partial charge in [0.2, 0.25) is 0 Å². The average Bonchev–Trinajstić information content (AvgIpc) is 2.04. The molecule has 0 amide bonds. The second-order valence-corrected chi connectivity index (χ2v) is 3.28. The van der Waals surface area contributed by atoms with E-state index < -0.39 is 12.6 Å². The number of hydrogen-bond donors (Lipinski definition) is 1. The third-order valence-corrected chi connectivity index (χ3v) is 2.12. The lowest BCUT2D eigenvalue weighted by atomic mass is 9.97. The first kappa shape index (κ1) is 13.4. The van der Waals surface area contributed by atoms with Gasteiger partial charge < -0.3 is 5.73 Å². The average molecular weight is 211 g/mol. The van der Waals surface area contributed by atoms with E-state index in [-0.39, 0.29) is 31.1 Å². The number of Topliss-reactive ketones (excluding diaryl/α,β-unsaturated/α-hetero) is 1. The Morgan fingerprint density at radius 2 is 2.00 bits per heavy atom. The molecule has 0 aliphatic heterocycles. The minimum absolute atomic E-state index is 0.0186. The Morgan fingerprint density at radius 1 is 1.43 bits per heavy atom. The van der Waals surface area contributed by atoms with Crippen molar-refractivity contribution in [1.29, 1.82) is 0 Å². The van der Waals surface area contributed by atoms with Crippen LogP contribution in [-0.4, -0.2) is 18.5 Å². The zero-order chi connectivity index (χ0) is 11.2. The molecule has 0 saturated carbocycles. The molecule has 0 aromatic heterocycles. The van der Waals surface area contributed by atoms with Crippen LogP contribution >= 0.6 is 0 Å². The minimum atomic E-state index is -4.16. The highest BCUT2D eigenvalue weighted by Crippen LogP contribution is 2.22. The molecule has 0 aliphatic carbocycles. The number of hydrogen-bond acceptors (Lipinski definition) is 2. The van der Waals surface area contributed by atoms with Gasteiger partial charge in [0.1, 0.15) is 5.78 Å². The van der Waals surface area contributed by atoms with E-state index in [1.165, 1.54) is 0 Å². The Hall–Kier alpha value is -0.580. The molecular weight excluding hydrogens is 195 g/mol. The maximum Gasteiger partial charge on any atom is 0.389 e. The van der Waals surface area contributed by atoms with E-state index in [9.17, 15) is 18.0 Å². The SMILES string of the molecule is CCC(CN)C(=O)CCCC(F)(F)F. The second-order valence-electron chi connectivity index (χ2n) is 3.28. The van der Waals surface area contributed by atoms with Gasteiger partial charge in [-0.15, -0.1) is 0 Å². The normalized spacial score (nSPS) is 14.1. The maximum absolute atomic E-state index is 11.7. The summed E-state index contributed by atoms with van der Waals surface area (Å²) in [7, 11) is 0. The molecule has 0 aromatic carbocycles. The van der Waals surface area contributed by atoms with E-state index in [1.807, 2.05) is 0 Å². The molecular formula is C9H16F3NO. The van der Waals surface area contributed by atoms with Gasteiger partial charge in [0, 0.05) is 25.3 Å². The predicted molar refractivity (Wildman–Crippen MR) is 47.7 cm³/mol. The molecule has 84 valence electrons. The number of halogens is 3. The lowest BCUT2D eigenvalue weighted by Gasteiger charge is -2.11. The van der Waals surface area contributed by atoms with E-state index in [1.54, 1.807) is 6.92 Å². The van der Waals surface area contributed by atoms with Crippen molar-refractivity contribution in [3.8, 4) is 0 Å². The monoisotopic (exact) mass is 211 g/mol. The fourth-order valence-corrected chi connectivity index (χ4v) is 1.19. The maximum atomic E-state index is 11.7. The summed E-state index contributed by atoms with van der Waals surface area (Å²) in [5.74, 6) is -0.428. The van der Waals surface area contributed by atoms with Crippen LogP contribution in [0.1, 0.15) is 32.6 Å². The number of alkyl halides is 3. The van der Waals surface area contributed by atoms with Gasteiger partial charge in [-0.2, -0.15) is 13.2 Å². The van der Waals surface area contributed by atoms with Crippen LogP contribution in [0.4, 0.5) is 13.2 Å². The summed E-state index contributed by atoms with van der Waals surface area (Å²) in [6.07, 6.45) is -4.60. The van der Waals surface area contributed by atoms with Gasteiger partial charge in [0.25, 0.3) is 0 Å². The second kappa shape index (κ2) is 6.01. The van der Waals surface area contributed by atoms with Gasteiger partial charge in [-0.05, 0) is 12.8 Å². The summed E-state index contributed by atoms with van der Waals surface area (Å²) < 4.78 is 35.2. The smallest absolute Gasteiger partial charge is 0.330 e.